The van der Waals surface area contributed by atoms with E-state index in [1.54, 1.807) is 18.3 Å². The number of nitrogens with zero attached hydrogens (tertiary/aromatic N) is 3. The van der Waals surface area contributed by atoms with Crippen molar-refractivity contribution < 1.29 is 0 Å². The highest BCUT2D eigenvalue weighted by Gasteiger charge is 2.12. The van der Waals surface area contributed by atoms with E-state index in [4.69, 9.17) is 0 Å². The number of rotatable bonds is 5. The normalized spacial score (nSPS) is 10.8. The standard InChI is InChI=1S/C26H21N5O/c1-17-8-11-22(14-18(17)2)20-12-9-19(10-13-20)16-28-31-26-29-24(21-6-4-3-5-7-21)23(15-27)25(32)30-26/h3-14,16H,1-2H3,(H2,29,30,31,32). The molecule has 4 rings (SSSR count). The van der Waals surface area contributed by atoms with Crippen LogP contribution in [0.2, 0.25) is 0 Å². The second-order valence-electron chi connectivity index (χ2n) is 7.41. The first-order valence-electron chi connectivity index (χ1n) is 10.1. The highest BCUT2D eigenvalue weighted by molar-refractivity contribution is 5.81. The lowest BCUT2D eigenvalue weighted by atomic mass is 10.00. The zero-order valence-electron chi connectivity index (χ0n) is 17.8. The van der Waals surface area contributed by atoms with Gasteiger partial charge in [0.1, 0.15) is 11.6 Å². The van der Waals surface area contributed by atoms with Crippen LogP contribution in [0.15, 0.2) is 82.7 Å². The van der Waals surface area contributed by atoms with Gasteiger partial charge in [-0.25, -0.2) is 10.4 Å². The Labute approximate surface area is 185 Å². The Morgan fingerprint density at radius 3 is 2.34 bits per heavy atom. The molecule has 0 atom stereocenters. The molecule has 4 aromatic rings. The molecule has 0 spiro atoms. The van der Waals surface area contributed by atoms with E-state index in [0.29, 0.717) is 11.3 Å². The van der Waals surface area contributed by atoms with Gasteiger partial charge in [0.2, 0.25) is 5.95 Å². The van der Waals surface area contributed by atoms with E-state index in [9.17, 15) is 10.1 Å². The first kappa shape index (κ1) is 20.8. The second kappa shape index (κ2) is 9.11. The summed E-state index contributed by atoms with van der Waals surface area (Å²) in [5.74, 6) is 0.163. The molecule has 0 fully saturated rings. The van der Waals surface area contributed by atoms with Crippen molar-refractivity contribution in [3.05, 3.63) is 105 Å². The molecular formula is C26H21N5O. The van der Waals surface area contributed by atoms with Crippen LogP contribution in [0.4, 0.5) is 5.95 Å². The maximum Gasteiger partial charge on any atom is 0.270 e. The SMILES string of the molecule is Cc1ccc(-c2ccc(C=NNc3nc(-c4ccccc4)c(C#N)c(=O)[nH]3)cc2)cc1C. The van der Waals surface area contributed by atoms with Crippen molar-refractivity contribution in [2.24, 2.45) is 5.10 Å². The average Bonchev–Trinajstić information content (AvgIpc) is 2.81. The lowest BCUT2D eigenvalue weighted by Crippen LogP contribution is -2.16. The molecular weight excluding hydrogens is 398 g/mol. The fourth-order valence-corrected chi connectivity index (χ4v) is 3.29. The Morgan fingerprint density at radius 1 is 0.938 bits per heavy atom. The Hall–Kier alpha value is -4.50. The van der Waals surface area contributed by atoms with E-state index >= 15 is 0 Å². The number of aryl methyl sites for hydroxylation is 2. The lowest BCUT2D eigenvalue weighted by Gasteiger charge is -2.06. The number of hydrogen-bond donors (Lipinski definition) is 2. The third-order valence-corrected chi connectivity index (χ3v) is 5.21. The summed E-state index contributed by atoms with van der Waals surface area (Å²) in [7, 11) is 0. The van der Waals surface area contributed by atoms with Gasteiger partial charge in [0.25, 0.3) is 5.56 Å². The molecule has 0 bridgehead atoms. The maximum absolute atomic E-state index is 12.3. The van der Waals surface area contributed by atoms with Crippen molar-refractivity contribution in [2.75, 3.05) is 5.43 Å². The molecule has 6 nitrogen and oxygen atoms in total. The van der Waals surface area contributed by atoms with Crippen molar-refractivity contribution in [3.8, 4) is 28.5 Å². The number of hydrazone groups is 1. The summed E-state index contributed by atoms with van der Waals surface area (Å²) in [6, 6.07) is 25.5. The number of H-pyrrole nitrogens is 1. The number of aromatic amines is 1. The number of nitrogens with one attached hydrogen (secondary N) is 2. The predicted octanol–water partition coefficient (Wildman–Crippen LogP) is 5.04. The van der Waals surface area contributed by atoms with Crippen LogP contribution in [-0.2, 0) is 0 Å². The van der Waals surface area contributed by atoms with E-state index in [1.165, 1.54) is 16.7 Å². The molecule has 3 aromatic carbocycles. The van der Waals surface area contributed by atoms with E-state index in [0.717, 1.165) is 11.1 Å². The van der Waals surface area contributed by atoms with Gasteiger partial charge in [0, 0.05) is 5.56 Å². The van der Waals surface area contributed by atoms with Crippen LogP contribution in [0.5, 0.6) is 0 Å². The summed E-state index contributed by atoms with van der Waals surface area (Å²) in [5.41, 5.74) is 8.92. The van der Waals surface area contributed by atoms with Gasteiger partial charge in [-0.2, -0.15) is 10.4 Å². The summed E-state index contributed by atoms with van der Waals surface area (Å²) < 4.78 is 0. The summed E-state index contributed by atoms with van der Waals surface area (Å²) in [6.07, 6.45) is 1.64. The molecule has 0 saturated carbocycles. The second-order valence-corrected chi connectivity index (χ2v) is 7.41. The molecule has 0 aliphatic rings. The van der Waals surface area contributed by atoms with E-state index in [-0.39, 0.29) is 11.5 Å². The molecule has 0 saturated heterocycles. The van der Waals surface area contributed by atoms with E-state index < -0.39 is 5.56 Å². The van der Waals surface area contributed by atoms with E-state index in [2.05, 4.69) is 52.5 Å². The van der Waals surface area contributed by atoms with Gasteiger partial charge >= 0.3 is 0 Å². The molecule has 0 unspecified atom stereocenters. The quantitative estimate of drug-likeness (QED) is 0.350. The van der Waals surface area contributed by atoms with Crippen molar-refractivity contribution >= 4 is 12.2 Å². The van der Waals surface area contributed by atoms with Gasteiger partial charge in [-0.15, -0.1) is 0 Å². The lowest BCUT2D eigenvalue weighted by molar-refractivity contribution is 1.08. The van der Waals surface area contributed by atoms with Crippen molar-refractivity contribution in [1.29, 1.82) is 5.26 Å². The third kappa shape index (κ3) is 4.47. The monoisotopic (exact) mass is 419 g/mol. The minimum Gasteiger partial charge on any atom is -0.290 e. The summed E-state index contributed by atoms with van der Waals surface area (Å²) >= 11 is 0. The predicted molar refractivity (Wildman–Crippen MR) is 128 cm³/mol. The molecule has 0 amide bonds. The minimum atomic E-state index is -0.517. The van der Waals surface area contributed by atoms with Crippen LogP contribution in [0.25, 0.3) is 22.4 Å². The van der Waals surface area contributed by atoms with Crippen LogP contribution in [0.3, 0.4) is 0 Å². The molecule has 0 radical (unpaired) electrons. The van der Waals surface area contributed by atoms with Gasteiger partial charge in [-0.05, 0) is 41.7 Å². The smallest absolute Gasteiger partial charge is 0.270 e. The molecule has 0 aliphatic heterocycles. The van der Waals surface area contributed by atoms with Gasteiger partial charge < -0.3 is 0 Å². The number of hydrogen-bond acceptors (Lipinski definition) is 5. The minimum absolute atomic E-state index is 0.0346. The summed E-state index contributed by atoms with van der Waals surface area (Å²) in [5, 5.41) is 13.5. The van der Waals surface area contributed by atoms with Crippen LogP contribution in [0, 0.1) is 25.2 Å². The maximum atomic E-state index is 12.3. The largest absolute Gasteiger partial charge is 0.290 e. The van der Waals surface area contributed by atoms with Crippen LogP contribution >= 0.6 is 0 Å². The van der Waals surface area contributed by atoms with Crippen LogP contribution < -0.4 is 11.0 Å². The topological polar surface area (TPSA) is 93.9 Å². The Balaban J connectivity index is 1.53. The van der Waals surface area contributed by atoms with E-state index in [1.807, 2.05) is 48.5 Å². The van der Waals surface area contributed by atoms with Gasteiger partial charge in [-0.3, -0.25) is 9.78 Å². The van der Waals surface area contributed by atoms with Gasteiger partial charge in [0.05, 0.1) is 11.9 Å². The molecule has 0 aliphatic carbocycles. The number of anilines is 1. The Kier molecular flexibility index (Phi) is 5.91. The Morgan fingerprint density at radius 2 is 1.66 bits per heavy atom. The van der Waals surface area contributed by atoms with Gasteiger partial charge in [-0.1, -0.05) is 72.8 Å². The molecule has 32 heavy (non-hydrogen) atoms. The van der Waals surface area contributed by atoms with Crippen LogP contribution in [-0.4, -0.2) is 16.2 Å². The number of aromatic nitrogens is 2. The number of benzene rings is 3. The molecule has 6 heteroatoms. The Bertz CT molecular complexity index is 1380. The fourth-order valence-electron chi connectivity index (χ4n) is 3.29. The first-order valence-corrected chi connectivity index (χ1v) is 10.1. The first-order chi connectivity index (χ1) is 15.5. The average molecular weight is 419 g/mol. The molecule has 1 heterocycles. The van der Waals surface area contributed by atoms with Crippen molar-refractivity contribution in [1.82, 2.24) is 9.97 Å². The fraction of sp³-hybridized carbons (Fsp3) is 0.0769. The molecule has 1 aromatic heterocycles. The van der Waals surface area contributed by atoms with Crippen molar-refractivity contribution in [3.63, 3.8) is 0 Å². The van der Waals surface area contributed by atoms with Crippen LogP contribution in [0.1, 0.15) is 22.3 Å². The third-order valence-electron chi connectivity index (χ3n) is 5.21. The summed E-state index contributed by atoms with van der Waals surface area (Å²) in [6.45, 7) is 4.21. The summed E-state index contributed by atoms with van der Waals surface area (Å²) in [4.78, 5) is 19.2. The van der Waals surface area contributed by atoms with Crippen molar-refractivity contribution in [2.45, 2.75) is 13.8 Å². The zero-order chi connectivity index (χ0) is 22.5. The zero-order valence-corrected chi connectivity index (χ0v) is 17.8. The highest BCUT2D eigenvalue weighted by Crippen LogP contribution is 2.22. The highest BCUT2D eigenvalue weighted by atomic mass is 16.1. The van der Waals surface area contributed by atoms with Gasteiger partial charge in [0.15, 0.2) is 0 Å². The molecule has 156 valence electrons. The number of nitriles is 1. The molecule has 2 N–H and O–H groups in total.